The summed E-state index contributed by atoms with van der Waals surface area (Å²) in [5, 5.41) is 10.9. The number of hydrogen-bond acceptors (Lipinski definition) is 3. The molecular weight excluding hydrogens is 152 g/mol. The number of para-hydroxylation sites is 1. The minimum Gasteiger partial charge on any atom is -0.496 e. The highest BCUT2D eigenvalue weighted by molar-refractivity contribution is 5.33. The van der Waals surface area contributed by atoms with Crippen molar-refractivity contribution in [3.8, 4) is 11.9 Å². The summed E-state index contributed by atoms with van der Waals surface area (Å²) in [5.41, 5.74) is 0.988. The van der Waals surface area contributed by atoms with Crippen LogP contribution in [0.2, 0.25) is 0 Å². The Morgan fingerprint density at radius 3 is 2.92 bits per heavy atom. The number of benzene rings is 1. The molecule has 0 aliphatic rings. The van der Waals surface area contributed by atoms with Crippen LogP contribution in [0.4, 0.5) is 0 Å². The molecule has 3 heteroatoms. The molecule has 0 aliphatic carbocycles. The van der Waals surface area contributed by atoms with Gasteiger partial charge in [0.05, 0.1) is 13.7 Å². The molecule has 0 unspecified atom stereocenters. The Bertz CT molecular complexity index is 291. The number of methoxy groups -OCH3 is 1. The summed E-state index contributed by atoms with van der Waals surface area (Å²) in [7, 11) is 1.62. The van der Waals surface area contributed by atoms with Gasteiger partial charge >= 0.3 is 0 Å². The molecule has 0 saturated heterocycles. The van der Waals surface area contributed by atoms with Gasteiger partial charge in [-0.1, -0.05) is 18.2 Å². The molecule has 3 nitrogen and oxygen atoms in total. The molecule has 0 spiro atoms. The van der Waals surface area contributed by atoms with Crippen molar-refractivity contribution in [1.82, 2.24) is 5.32 Å². The number of hydrogen-bond donors (Lipinski definition) is 1. The zero-order valence-corrected chi connectivity index (χ0v) is 6.87. The van der Waals surface area contributed by atoms with E-state index in [1.165, 1.54) is 0 Å². The van der Waals surface area contributed by atoms with Gasteiger partial charge in [0.2, 0.25) is 0 Å². The summed E-state index contributed by atoms with van der Waals surface area (Å²) in [6, 6.07) is 7.60. The Morgan fingerprint density at radius 2 is 2.25 bits per heavy atom. The van der Waals surface area contributed by atoms with Gasteiger partial charge < -0.3 is 10.1 Å². The molecule has 0 aliphatic heterocycles. The lowest BCUT2D eigenvalue weighted by molar-refractivity contribution is 0.409. The van der Waals surface area contributed by atoms with Crippen molar-refractivity contribution in [3.63, 3.8) is 0 Å². The van der Waals surface area contributed by atoms with Crippen LogP contribution in [-0.4, -0.2) is 7.11 Å². The lowest BCUT2D eigenvalue weighted by atomic mass is 10.2. The van der Waals surface area contributed by atoms with Crippen molar-refractivity contribution in [2.75, 3.05) is 7.11 Å². The van der Waals surface area contributed by atoms with E-state index in [0.717, 1.165) is 11.3 Å². The second kappa shape index (κ2) is 4.24. The Morgan fingerprint density at radius 1 is 1.50 bits per heavy atom. The van der Waals surface area contributed by atoms with Crippen LogP contribution in [0.3, 0.4) is 0 Å². The van der Waals surface area contributed by atoms with Gasteiger partial charge in [0, 0.05) is 5.56 Å². The van der Waals surface area contributed by atoms with Gasteiger partial charge in [-0.2, -0.15) is 5.26 Å². The Kier molecular flexibility index (Phi) is 2.97. The zero-order valence-electron chi connectivity index (χ0n) is 6.87. The molecule has 0 atom stereocenters. The lowest BCUT2D eigenvalue weighted by Gasteiger charge is -2.05. The lowest BCUT2D eigenvalue weighted by Crippen LogP contribution is -2.05. The molecule has 1 rings (SSSR count). The van der Waals surface area contributed by atoms with E-state index in [1.807, 2.05) is 30.5 Å². The summed E-state index contributed by atoms with van der Waals surface area (Å²) in [5.74, 6) is 0.806. The first-order chi connectivity index (χ1) is 5.88. The summed E-state index contributed by atoms with van der Waals surface area (Å²) in [4.78, 5) is 0. The number of nitrogens with zero attached hydrogens (tertiary/aromatic N) is 1. The van der Waals surface area contributed by atoms with Gasteiger partial charge in [0.25, 0.3) is 0 Å². The predicted octanol–water partition coefficient (Wildman–Crippen LogP) is 1.27. The maximum Gasteiger partial charge on any atom is 0.176 e. The maximum absolute atomic E-state index is 8.29. The first kappa shape index (κ1) is 8.41. The molecule has 0 amide bonds. The zero-order chi connectivity index (χ0) is 8.81. The van der Waals surface area contributed by atoms with E-state index in [-0.39, 0.29) is 0 Å². The van der Waals surface area contributed by atoms with Gasteiger partial charge in [-0.3, -0.25) is 0 Å². The highest BCUT2D eigenvalue weighted by atomic mass is 16.5. The number of rotatable bonds is 3. The molecule has 0 bridgehead atoms. The van der Waals surface area contributed by atoms with Crippen LogP contribution in [0.1, 0.15) is 5.56 Å². The van der Waals surface area contributed by atoms with Crippen molar-refractivity contribution < 1.29 is 4.74 Å². The van der Waals surface area contributed by atoms with E-state index in [0.29, 0.717) is 6.54 Å². The third-order valence-electron chi connectivity index (χ3n) is 1.55. The Hall–Kier alpha value is -1.69. The van der Waals surface area contributed by atoms with E-state index >= 15 is 0 Å². The Labute approximate surface area is 71.6 Å². The first-order valence-electron chi connectivity index (χ1n) is 3.62. The molecule has 0 radical (unpaired) electrons. The van der Waals surface area contributed by atoms with E-state index < -0.39 is 0 Å². The van der Waals surface area contributed by atoms with E-state index in [4.69, 9.17) is 10.00 Å². The maximum atomic E-state index is 8.29. The molecule has 0 fully saturated rings. The van der Waals surface area contributed by atoms with E-state index in [1.54, 1.807) is 7.11 Å². The van der Waals surface area contributed by atoms with E-state index in [2.05, 4.69) is 5.32 Å². The van der Waals surface area contributed by atoms with Gasteiger partial charge in [0.15, 0.2) is 6.19 Å². The average Bonchev–Trinajstić information content (AvgIpc) is 2.15. The summed E-state index contributed by atoms with van der Waals surface area (Å²) in [6.45, 7) is 0.514. The molecular formula is C9H10N2O. The van der Waals surface area contributed by atoms with Crippen LogP contribution >= 0.6 is 0 Å². The van der Waals surface area contributed by atoms with Gasteiger partial charge in [-0.05, 0) is 6.07 Å². The SMILES string of the molecule is COc1ccccc1CNC#N. The fraction of sp³-hybridized carbons (Fsp3) is 0.222. The first-order valence-corrected chi connectivity index (χ1v) is 3.62. The minimum absolute atomic E-state index is 0.514. The van der Waals surface area contributed by atoms with Crippen molar-refractivity contribution in [1.29, 1.82) is 5.26 Å². The molecule has 1 N–H and O–H groups in total. The third-order valence-corrected chi connectivity index (χ3v) is 1.55. The van der Waals surface area contributed by atoms with Gasteiger partial charge in [-0.15, -0.1) is 0 Å². The smallest absolute Gasteiger partial charge is 0.176 e. The van der Waals surface area contributed by atoms with Crippen molar-refractivity contribution in [3.05, 3.63) is 29.8 Å². The van der Waals surface area contributed by atoms with Crippen LogP contribution in [0.15, 0.2) is 24.3 Å². The predicted molar refractivity (Wildman–Crippen MR) is 45.4 cm³/mol. The fourth-order valence-electron chi connectivity index (χ4n) is 0.984. The Balaban J connectivity index is 2.76. The molecule has 12 heavy (non-hydrogen) atoms. The topological polar surface area (TPSA) is 45.0 Å². The van der Waals surface area contributed by atoms with Crippen LogP contribution in [0.5, 0.6) is 5.75 Å². The summed E-state index contributed by atoms with van der Waals surface area (Å²) in [6.07, 6.45) is 1.86. The standard InChI is InChI=1S/C9H10N2O/c1-12-9-5-3-2-4-8(9)6-11-7-10/h2-5,11H,6H2,1H3. The number of nitrogens with one attached hydrogen (secondary N) is 1. The molecule has 0 heterocycles. The third kappa shape index (κ3) is 1.89. The molecule has 62 valence electrons. The highest BCUT2D eigenvalue weighted by Gasteiger charge is 1.98. The molecule has 1 aromatic carbocycles. The second-order valence-electron chi connectivity index (χ2n) is 2.28. The summed E-state index contributed by atoms with van der Waals surface area (Å²) < 4.78 is 5.09. The minimum atomic E-state index is 0.514. The van der Waals surface area contributed by atoms with E-state index in [9.17, 15) is 0 Å². The van der Waals surface area contributed by atoms with Gasteiger partial charge in [0.1, 0.15) is 5.75 Å². The van der Waals surface area contributed by atoms with Crippen molar-refractivity contribution in [2.24, 2.45) is 0 Å². The fourth-order valence-corrected chi connectivity index (χ4v) is 0.984. The van der Waals surface area contributed by atoms with Crippen LogP contribution in [-0.2, 0) is 6.54 Å². The number of nitriles is 1. The monoisotopic (exact) mass is 162 g/mol. The van der Waals surface area contributed by atoms with Crippen molar-refractivity contribution >= 4 is 0 Å². The highest BCUT2D eigenvalue weighted by Crippen LogP contribution is 2.16. The number of ether oxygens (including phenoxy) is 1. The summed E-state index contributed by atoms with van der Waals surface area (Å²) >= 11 is 0. The molecule has 0 saturated carbocycles. The van der Waals surface area contributed by atoms with Crippen molar-refractivity contribution in [2.45, 2.75) is 6.54 Å². The largest absolute Gasteiger partial charge is 0.496 e. The van der Waals surface area contributed by atoms with Gasteiger partial charge in [-0.25, -0.2) is 0 Å². The normalized spacial score (nSPS) is 8.67. The molecule has 1 aromatic rings. The van der Waals surface area contributed by atoms with Crippen LogP contribution < -0.4 is 10.1 Å². The van der Waals surface area contributed by atoms with Crippen LogP contribution in [0.25, 0.3) is 0 Å². The average molecular weight is 162 g/mol. The second-order valence-corrected chi connectivity index (χ2v) is 2.28. The quantitative estimate of drug-likeness (QED) is 0.537. The molecule has 0 aromatic heterocycles. The van der Waals surface area contributed by atoms with Crippen LogP contribution in [0, 0.1) is 11.5 Å².